The Morgan fingerprint density at radius 2 is 2.16 bits per heavy atom. The smallest absolute Gasteiger partial charge is 0.239 e. The summed E-state index contributed by atoms with van der Waals surface area (Å²) in [6.07, 6.45) is 1.05. The summed E-state index contributed by atoms with van der Waals surface area (Å²) in [6.45, 7) is 7.33. The van der Waals surface area contributed by atoms with Gasteiger partial charge in [0, 0.05) is 24.8 Å². The van der Waals surface area contributed by atoms with Crippen molar-refractivity contribution in [2.24, 2.45) is 0 Å². The predicted molar refractivity (Wildman–Crippen MR) is 78.4 cm³/mol. The van der Waals surface area contributed by atoms with Gasteiger partial charge in [-0.1, -0.05) is 32.0 Å². The van der Waals surface area contributed by atoms with Crippen molar-refractivity contribution in [2.75, 3.05) is 31.1 Å². The van der Waals surface area contributed by atoms with Crippen molar-refractivity contribution in [1.29, 1.82) is 0 Å². The lowest BCUT2D eigenvalue weighted by molar-refractivity contribution is -0.120. The second-order valence-electron chi connectivity index (χ2n) is 4.85. The zero-order valence-corrected chi connectivity index (χ0v) is 11.8. The first-order valence-corrected chi connectivity index (χ1v) is 7.10. The van der Waals surface area contributed by atoms with Gasteiger partial charge in [-0.2, -0.15) is 0 Å². The van der Waals surface area contributed by atoms with E-state index in [1.165, 1.54) is 11.3 Å². The molecule has 1 heterocycles. The fourth-order valence-corrected chi connectivity index (χ4v) is 2.63. The second-order valence-corrected chi connectivity index (χ2v) is 4.85. The molecule has 1 aromatic carbocycles. The lowest BCUT2D eigenvalue weighted by atomic mass is 10.0. The van der Waals surface area contributed by atoms with Crippen LogP contribution in [0.1, 0.15) is 31.9 Å². The van der Waals surface area contributed by atoms with Crippen LogP contribution < -0.4 is 15.5 Å². The van der Waals surface area contributed by atoms with Crippen molar-refractivity contribution in [3.8, 4) is 0 Å². The molecule has 1 aliphatic rings. The predicted octanol–water partition coefficient (Wildman–Crippen LogP) is 1.68. The van der Waals surface area contributed by atoms with Crippen LogP contribution in [-0.2, 0) is 4.79 Å². The topological polar surface area (TPSA) is 44.4 Å². The number of hydrogen-bond donors (Lipinski definition) is 2. The zero-order valence-electron chi connectivity index (χ0n) is 11.8. The third kappa shape index (κ3) is 3.26. The van der Waals surface area contributed by atoms with Crippen molar-refractivity contribution < 1.29 is 4.79 Å². The third-order valence-corrected chi connectivity index (χ3v) is 3.55. The van der Waals surface area contributed by atoms with Crippen LogP contribution in [0.3, 0.4) is 0 Å². The Hall–Kier alpha value is -1.55. The lowest BCUT2D eigenvalue weighted by Gasteiger charge is -2.32. The highest BCUT2D eigenvalue weighted by molar-refractivity contribution is 5.83. The molecule has 0 spiro atoms. The largest absolute Gasteiger partial charge is 0.360 e. The Balaban J connectivity index is 2.26. The summed E-state index contributed by atoms with van der Waals surface area (Å²) in [7, 11) is 0. The average molecular weight is 261 g/mol. The van der Waals surface area contributed by atoms with Gasteiger partial charge in [0.2, 0.25) is 5.91 Å². The van der Waals surface area contributed by atoms with Crippen molar-refractivity contribution in [1.82, 2.24) is 10.6 Å². The Bertz CT molecular complexity index is 433. The Kier molecular flexibility index (Phi) is 4.80. The maximum absolute atomic E-state index is 11.6. The first kappa shape index (κ1) is 13.9. The summed E-state index contributed by atoms with van der Waals surface area (Å²) >= 11 is 0. The monoisotopic (exact) mass is 261 g/mol. The van der Waals surface area contributed by atoms with Crippen LogP contribution >= 0.6 is 0 Å². The molecule has 0 aromatic heterocycles. The standard InChI is InChI=1S/C15H23N3O/c1-3-13(16-4-2)12-7-5-6-8-14(12)18-10-9-17-15(19)11-18/h5-8,13,16H,3-4,9-11H2,1-2H3,(H,17,19). The van der Waals surface area contributed by atoms with E-state index in [1.54, 1.807) is 0 Å². The summed E-state index contributed by atoms with van der Waals surface area (Å²) in [5.74, 6) is 0.109. The molecule has 4 nitrogen and oxygen atoms in total. The quantitative estimate of drug-likeness (QED) is 0.847. The van der Waals surface area contributed by atoms with Gasteiger partial charge in [-0.3, -0.25) is 4.79 Å². The zero-order chi connectivity index (χ0) is 13.7. The lowest BCUT2D eigenvalue weighted by Crippen LogP contribution is -2.48. The van der Waals surface area contributed by atoms with Crippen LogP contribution in [0, 0.1) is 0 Å². The fraction of sp³-hybridized carbons (Fsp3) is 0.533. The molecule has 1 fully saturated rings. The molecule has 0 bridgehead atoms. The van der Waals surface area contributed by atoms with E-state index in [0.717, 1.165) is 26.1 Å². The van der Waals surface area contributed by atoms with Crippen molar-refractivity contribution in [3.63, 3.8) is 0 Å². The normalized spacial score (nSPS) is 17.2. The molecule has 1 atom stereocenters. The molecule has 0 aliphatic carbocycles. The number of rotatable bonds is 5. The molecule has 0 radical (unpaired) electrons. The Morgan fingerprint density at radius 1 is 1.37 bits per heavy atom. The van der Waals surface area contributed by atoms with Crippen LogP contribution in [0.15, 0.2) is 24.3 Å². The summed E-state index contributed by atoms with van der Waals surface area (Å²) in [5.41, 5.74) is 2.48. The molecule has 1 saturated heterocycles. The van der Waals surface area contributed by atoms with Gasteiger partial charge < -0.3 is 15.5 Å². The first-order valence-electron chi connectivity index (χ1n) is 7.10. The van der Waals surface area contributed by atoms with Gasteiger partial charge in [0.1, 0.15) is 0 Å². The molecule has 1 unspecified atom stereocenters. The maximum Gasteiger partial charge on any atom is 0.239 e. The molecule has 1 aliphatic heterocycles. The molecule has 104 valence electrons. The summed E-state index contributed by atoms with van der Waals surface area (Å²) < 4.78 is 0. The van der Waals surface area contributed by atoms with Crippen LogP contribution in [0.25, 0.3) is 0 Å². The Labute approximate surface area is 115 Å². The van der Waals surface area contributed by atoms with E-state index in [9.17, 15) is 4.79 Å². The van der Waals surface area contributed by atoms with Gasteiger partial charge in [-0.25, -0.2) is 0 Å². The first-order chi connectivity index (χ1) is 9.26. The molecule has 2 N–H and O–H groups in total. The molecule has 1 aromatic rings. The maximum atomic E-state index is 11.6. The number of carbonyl (C=O) groups excluding carboxylic acids is 1. The van der Waals surface area contributed by atoms with Gasteiger partial charge in [-0.15, -0.1) is 0 Å². The molecular formula is C15H23N3O. The highest BCUT2D eigenvalue weighted by atomic mass is 16.2. The molecular weight excluding hydrogens is 238 g/mol. The van der Waals surface area contributed by atoms with Crippen LogP contribution in [0.5, 0.6) is 0 Å². The minimum Gasteiger partial charge on any atom is -0.360 e. The molecule has 19 heavy (non-hydrogen) atoms. The number of nitrogens with one attached hydrogen (secondary N) is 2. The molecule has 4 heteroatoms. The summed E-state index contributed by atoms with van der Waals surface area (Å²) in [6, 6.07) is 8.76. The van der Waals surface area contributed by atoms with Gasteiger partial charge in [0.25, 0.3) is 0 Å². The fourth-order valence-electron chi connectivity index (χ4n) is 2.63. The molecule has 0 saturated carbocycles. The van der Waals surface area contributed by atoms with Crippen molar-refractivity contribution in [3.05, 3.63) is 29.8 Å². The number of carbonyl (C=O) groups is 1. The highest BCUT2D eigenvalue weighted by Crippen LogP contribution is 2.28. The molecule has 2 rings (SSSR count). The Morgan fingerprint density at radius 3 is 2.84 bits per heavy atom. The number of hydrogen-bond acceptors (Lipinski definition) is 3. The van der Waals surface area contributed by atoms with E-state index in [0.29, 0.717) is 12.6 Å². The van der Waals surface area contributed by atoms with Gasteiger partial charge in [0.05, 0.1) is 6.54 Å². The average Bonchev–Trinajstić information content (AvgIpc) is 2.45. The number of anilines is 1. The van der Waals surface area contributed by atoms with Crippen LogP contribution in [0.2, 0.25) is 0 Å². The van der Waals surface area contributed by atoms with E-state index >= 15 is 0 Å². The summed E-state index contributed by atoms with van der Waals surface area (Å²) in [4.78, 5) is 13.7. The van der Waals surface area contributed by atoms with E-state index in [4.69, 9.17) is 0 Å². The number of piperazine rings is 1. The highest BCUT2D eigenvalue weighted by Gasteiger charge is 2.21. The van der Waals surface area contributed by atoms with Gasteiger partial charge >= 0.3 is 0 Å². The second kappa shape index (κ2) is 6.57. The third-order valence-electron chi connectivity index (χ3n) is 3.55. The number of para-hydroxylation sites is 1. The van der Waals surface area contributed by atoms with Crippen molar-refractivity contribution >= 4 is 11.6 Å². The van der Waals surface area contributed by atoms with Crippen LogP contribution in [0.4, 0.5) is 5.69 Å². The van der Waals surface area contributed by atoms with Gasteiger partial charge in [-0.05, 0) is 24.6 Å². The van der Waals surface area contributed by atoms with E-state index in [2.05, 4.69) is 47.6 Å². The van der Waals surface area contributed by atoms with Crippen molar-refractivity contribution in [2.45, 2.75) is 26.3 Å². The van der Waals surface area contributed by atoms with E-state index in [1.807, 2.05) is 6.07 Å². The number of nitrogens with zero attached hydrogens (tertiary/aromatic N) is 1. The molecule has 1 amide bonds. The van der Waals surface area contributed by atoms with Gasteiger partial charge in [0.15, 0.2) is 0 Å². The van der Waals surface area contributed by atoms with Crippen LogP contribution in [-0.4, -0.2) is 32.1 Å². The SMILES string of the molecule is CCNC(CC)c1ccccc1N1CCNC(=O)C1. The van der Waals surface area contributed by atoms with E-state index in [-0.39, 0.29) is 5.91 Å². The number of amides is 1. The van der Waals surface area contributed by atoms with E-state index < -0.39 is 0 Å². The summed E-state index contributed by atoms with van der Waals surface area (Å²) in [5, 5.41) is 6.39. The minimum absolute atomic E-state index is 0.109. The number of benzene rings is 1. The minimum atomic E-state index is 0.109.